The summed E-state index contributed by atoms with van der Waals surface area (Å²) in [4.78, 5) is 22.9. The van der Waals surface area contributed by atoms with E-state index in [1.807, 2.05) is 0 Å². The fourth-order valence-electron chi connectivity index (χ4n) is 1.66. The van der Waals surface area contributed by atoms with Gasteiger partial charge in [0, 0.05) is 12.4 Å². The van der Waals surface area contributed by atoms with Crippen LogP contribution in [-0.4, -0.2) is 21.6 Å². The summed E-state index contributed by atoms with van der Waals surface area (Å²) in [6.07, 6.45) is 3.38. The molecule has 0 bridgehead atoms. The molecule has 0 atom stereocenters. The summed E-state index contributed by atoms with van der Waals surface area (Å²) in [5.74, 6) is -1.000. The molecule has 3 rings (SSSR count). The molecule has 0 fully saturated rings. The Labute approximate surface area is 95.6 Å². The van der Waals surface area contributed by atoms with Crippen molar-refractivity contribution in [1.82, 2.24) is 9.78 Å². The van der Waals surface area contributed by atoms with E-state index in [9.17, 15) is 9.59 Å². The highest BCUT2D eigenvalue weighted by Gasteiger charge is 2.22. The van der Waals surface area contributed by atoms with Crippen LogP contribution in [0.2, 0.25) is 0 Å². The van der Waals surface area contributed by atoms with Crippen molar-refractivity contribution in [1.29, 1.82) is 0 Å². The van der Waals surface area contributed by atoms with Crippen LogP contribution in [0.5, 0.6) is 0 Å². The summed E-state index contributed by atoms with van der Waals surface area (Å²) in [6, 6.07) is 6.62. The number of carbonyl (C=O) groups excluding carboxylic acids is 2. The van der Waals surface area contributed by atoms with Crippen LogP contribution in [0.1, 0.15) is 20.7 Å². The summed E-state index contributed by atoms with van der Waals surface area (Å²) in [7, 11) is 0. The zero-order valence-corrected chi connectivity index (χ0v) is 8.57. The Morgan fingerprint density at radius 1 is 1.00 bits per heavy atom. The molecule has 1 aromatic carbocycles. The maximum atomic E-state index is 11.5. The van der Waals surface area contributed by atoms with Crippen LogP contribution in [0.4, 0.5) is 0 Å². The van der Waals surface area contributed by atoms with Crippen LogP contribution in [0, 0.1) is 0 Å². The minimum absolute atomic E-state index is 0.262. The smallest absolute Gasteiger partial charge is 0.265 e. The van der Waals surface area contributed by atoms with E-state index in [1.54, 1.807) is 41.3 Å². The third-order valence-corrected chi connectivity index (χ3v) is 2.46. The van der Waals surface area contributed by atoms with Gasteiger partial charge in [-0.3, -0.25) is 9.59 Å². The lowest BCUT2D eigenvalue weighted by Gasteiger charge is -2.09. The molecule has 1 aromatic heterocycles. The van der Waals surface area contributed by atoms with Crippen LogP contribution in [0.3, 0.4) is 0 Å². The molecule has 0 N–H and O–H groups in total. The second-order valence-electron chi connectivity index (χ2n) is 3.49. The maximum absolute atomic E-state index is 11.5. The molecular weight excluding hydrogens is 220 g/mol. The number of benzene rings is 1. The van der Waals surface area contributed by atoms with E-state index < -0.39 is 11.8 Å². The highest BCUT2D eigenvalue weighted by atomic mass is 16.2. The molecule has 82 valence electrons. The Kier molecular flexibility index (Phi) is 1.94. The van der Waals surface area contributed by atoms with Crippen molar-refractivity contribution in [3.05, 3.63) is 47.8 Å². The number of carbonyl (C=O) groups is 2. The van der Waals surface area contributed by atoms with Crippen LogP contribution in [0.25, 0.3) is 5.69 Å². The number of hydrogen-bond donors (Lipinski definition) is 0. The van der Waals surface area contributed by atoms with Gasteiger partial charge in [0.1, 0.15) is 0 Å². The Bertz CT molecular complexity index is 643. The van der Waals surface area contributed by atoms with Gasteiger partial charge >= 0.3 is 0 Å². The largest absolute Gasteiger partial charge is 0.296 e. The predicted molar refractivity (Wildman–Crippen MR) is 57.1 cm³/mol. The molecule has 0 saturated carbocycles. The number of fused-ring (bicyclic) bond motifs is 1. The molecule has 1 aliphatic heterocycles. The van der Waals surface area contributed by atoms with Crippen molar-refractivity contribution >= 4 is 11.8 Å². The number of aromatic nitrogens is 2. The zero-order chi connectivity index (χ0) is 11.8. The number of hydrogen-bond acceptors (Lipinski definition) is 3. The van der Waals surface area contributed by atoms with Crippen molar-refractivity contribution in [2.75, 3.05) is 0 Å². The number of nitrogens with zero attached hydrogens (tertiary/aromatic N) is 4. The van der Waals surface area contributed by atoms with Gasteiger partial charge in [0.05, 0.1) is 16.8 Å². The molecule has 2 aromatic rings. The van der Waals surface area contributed by atoms with Gasteiger partial charge in [-0.2, -0.15) is 5.10 Å². The van der Waals surface area contributed by atoms with Gasteiger partial charge in [0.25, 0.3) is 11.8 Å². The monoisotopic (exact) mass is 226 g/mol. The number of rotatable bonds is 1. The molecule has 6 nitrogen and oxygen atoms in total. The molecule has 0 aliphatic carbocycles. The third kappa shape index (κ3) is 1.46. The summed E-state index contributed by atoms with van der Waals surface area (Å²) >= 11 is 0. The predicted octanol–water partition coefficient (Wildman–Crippen LogP) is 1.62. The lowest BCUT2D eigenvalue weighted by molar-refractivity contribution is 0.0920. The van der Waals surface area contributed by atoms with Gasteiger partial charge in [-0.25, -0.2) is 4.68 Å². The molecule has 6 heteroatoms. The van der Waals surface area contributed by atoms with E-state index in [0.717, 1.165) is 0 Å². The number of azo groups is 1. The molecule has 2 amide bonds. The first-order chi connectivity index (χ1) is 8.25. The van der Waals surface area contributed by atoms with Crippen LogP contribution >= 0.6 is 0 Å². The third-order valence-electron chi connectivity index (χ3n) is 2.46. The second-order valence-corrected chi connectivity index (χ2v) is 3.49. The first-order valence-corrected chi connectivity index (χ1v) is 4.90. The van der Waals surface area contributed by atoms with Crippen molar-refractivity contribution in [3.8, 4) is 5.69 Å². The van der Waals surface area contributed by atoms with Gasteiger partial charge in [0.15, 0.2) is 0 Å². The first kappa shape index (κ1) is 9.59. The van der Waals surface area contributed by atoms with Gasteiger partial charge in [-0.15, -0.1) is 10.2 Å². The van der Waals surface area contributed by atoms with E-state index in [4.69, 9.17) is 0 Å². The average Bonchev–Trinajstić information content (AvgIpc) is 2.87. The van der Waals surface area contributed by atoms with Crippen LogP contribution in [-0.2, 0) is 0 Å². The SMILES string of the molecule is O=C1N=NC(=O)c2cc(-n3cccn3)ccc21. The summed E-state index contributed by atoms with van der Waals surface area (Å²) in [5.41, 5.74) is 1.24. The van der Waals surface area contributed by atoms with Crippen LogP contribution in [0.15, 0.2) is 46.9 Å². The van der Waals surface area contributed by atoms with E-state index in [2.05, 4.69) is 15.3 Å². The average molecular weight is 226 g/mol. The Hall–Kier alpha value is -2.63. The maximum Gasteiger partial charge on any atom is 0.296 e. The standard InChI is InChI=1S/C11H6N4O2/c16-10-8-3-2-7(15-5-1-4-12-15)6-9(8)11(17)14-13-10/h1-6H. The number of amides is 2. The Balaban J connectivity index is 2.17. The van der Waals surface area contributed by atoms with E-state index in [-0.39, 0.29) is 11.1 Å². The van der Waals surface area contributed by atoms with Crippen LogP contribution < -0.4 is 0 Å². The van der Waals surface area contributed by atoms with Crippen molar-refractivity contribution in [2.45, 2.75) is 0 Å². The first-order valence-electron chi connectivity index (χ1n) is 4.90. The zero-order valence-electron chi connectivity index (χ0n) is 8.57. The lowest BCUT2D eigenvalue weighted by Crippen LogP contribution is -2.12. The molecule has 17 heavy (non-hydrogen) atoms. The highest BCUT2D eigenvalue weighted by molar-refractivity contribution is 6.11. The molecule has 0 radical (unpaired) electrons. The molecule has 1 aliphatic rings. The van der Waals surface area contributed by atoms with Gasteiger partial charge in [0.2, 0.25) is 0 Å². The topological polar surface area (TPSA) is 76.7 Å². The highest BCUT2D eigenvalue weighted by Crippen LogP contribution is 2.20. The Morgan fingerprint density at radius 3 is 2.47 bits per heavy atom. The lowest BCUT2D eigenvalue weighted by atomic mass is 10.0. The van der Waals surface area contributed by atoms with Crippen molar-refractivity contribution in [3.63, 3.8) is 0 Å². The fraction of sp³-hybridized carbons (Fsp3) is 0. The van der Waals surface area contributed by atoms with Gasteiger partial charge in [-0.1, -0.05) is 0 Å². The minimum Gasteiger partial charge on any atom is -0.265 e. The molecule has 0 spiro atoms. The fourth-order valence-corrected chi connectivity index (χ4v) is 1.66. The Morgan fingerprint density at radius 2 is 1.76 bits per heavy atom. The normalized spacial score (nSPS) is 13.9. The van der Waals surface area contributed by atoms with Crippen molar-refractivity contribution < 1.29 is 9.59 Å². The summed E-state index contributed by atoms with van der Waals surface area (Å²) in [6.45, 7) is 0. The molecule has 0 unspecified atom stereocenters. The second kappa shape index (κ2) is 3.44. The molecule has 2 heterocycles. The van der Waals surface area contributed by atoms with Gasteiger partial charge in [-0.05, 0) is 24.3 Å². The van der Waals surface area contributed by atoms with E-state index >= 15 is 0 Å². The van der Waals surface area contributed by atoms with Gasteiger partial charge < -0.3 is 0 Å². The molecule has 0 saturated heterocycles. The molecular formula is C11H6N4O2. The van der Waals surface area contributed by atoms with E-state index in [1.165, 1.54) is 0 Å². The minimum atomic E-state index is -0.506. The summed E-state index contributed by atoms with van der Waals surface area (Å²) < 4.78 is 1.60. The summed E-state index contributed by atoms with van der Waals surface area (Å²) in [5, 5.41) is 10.6. The quantitative estimate of drug-likeness (QED) is 0.741. The van der Waals surface area contributed by atoms with E-state index in [0.29, 0.717) is 5.69 Å². The van der Waals surface area contributed by atoms with Crippen molar-refractivity contribution in [2.24, 2.45) is 10.2 Å².